The van der Waals surface area contributed by atoms with E-state index in [4.69, 9.17) is 4.98 Å². The molecule has 0 aliphatic heterocycles. The first kappa shape index (κ1) is 38.2. The Hall–Kier alpha value is -0.790. The van der Waals surface area contributed by atoms with E-state index in [9.17, 15) is 0 Å². The Balaban J connectivity index is 2.24. The Morgan fingerprint density at radius 1 is 0.463 bits per heavy atom. The molecule has 2 nitrogen and oxygen atoms in total. The SMILES string of the molecule is CCCCCCCCCCCCCCCCC(C)n1ccnc1C(CCCCC)CCCCCCCCCCCC. The quantitative estimate of drug-likeness (QED) is 0.0785. The van der Waals surface area contributed by atoms with Crippen LogP contribution in [-0.2, 0) is 0 Å². The fourth-order valence-corrected chi connectivity index (χ4v) is 6.71. The molecule has 2 unspecified atom stereocenters. The fourth-order valence-electron chi connectivity index (χ4n) is 6.71. The van der Waals surface area contributed by atoms with Gasteiger partial charge in [-0.1, -0.05) is 194 Å². The summed E-state index contributed by atoms with van der Waals surface area (Å²) in [6.07, 6.45) is 46.8. The second-order valence-corrected chi connectivity index (χ2v) is 13.6. The number of hydrogen-bond acceptors (Lipinski definition) is 1. The van der Waals surface area contributed by atoms with Crippen molar-refractivity contribution in [1.29, 1.82) is 0 Å². The molecule has 0 amide bonds. The highest BCUT2D eigenvalue weighted by Crippen LogP contribution is 2.30. The second-order valence-electron chi connectivity index (χ2n) is 13.6. The van der Waals surface area contributed by atoms with Crippen molar-refractivity contribution in [1.82, 2.24) is 9.55 Å². The number of aromatic nitrogens is 2. The Kier molecular flexibility index (Phi) is 27.3. The topological polar surface area (TPSA) is 17.8 Å². The molecule has 242 valence electrons. The highest BCUT2D eigenvalue weighted by Gasteiger charge is 2.19. The summed E-state index contributed by atoms with van der Waals surface area (Å²) < 4.78 is 2.56. The molecule has 0 fully saturated rings. The third kappa shape index (κ3) is 21.5. The van der Waals surface area contributed by atoms with Gasteiger partial charge in [-0.25, -0.2) is 4.98 Å². The summed E-state index contributed by atoms with van der Waals surface area (Å²) in [5, 5.41) is 0. The Morgan fingerprint density at radius 2 is 0.780 bits per heavy atom. The number of imidazole rings is 1. The predicted octanol–water partition coefficient (Wildman–Crippen LogP) is 14.3. The van der Waals surface area contributed by atoms with Gasteiger partial charge in [0.2, 0.25) is 0 Å². The van der Waals surface area contributed by atoms with Crippen molar-refractivity contribution >= 4 is 0 Å². The van der Waals surface area contributed by atoms with E-state index in [0.717, 1.165) is 0 Å². The number of nitrogens with zero attached hydrogens (tertiary/aromatic N) is 2. The van der Waals surface area contributed by atoms with Crippen molar-refractivity contribution in [2.75, 3.05) is 0 Å². The third-order valence-electron chi connectivity index (χ3n) is 9.58. The minimum absolute atomic E-state index is 0.589. The maximum absolute atomic E-state index is 4.96. The normalized spacial score (nSPS) is 13.2. The lowest BCUT2D eigenvalue weighted by Gasteiger charge is -2.22. The zero-order valence-electron chi connectivity index (χ0n) is 28.9. The van der Waals surface area contributed by atoms with Gasteiger partial charge in [-0.15, -0.1) is 0 Å². The van der Waals surface area contributed by atoms with Crippen LogP contribution in [0.15, 0.2) is 12.4 Å². The molecule has 0 aliphatic carbocycles. The molecule has 1 aromatic rings. The van der Waals surface area contributed by atoms with Crippen LogP contribution in [0.5, 0.6) is 0 Å². The minimum Gasteiger partial charge on any atom is -0.332 e. The summed E-state index contributed by atoms with van der Waals surface area (Å²) in [5.74, 6) is 2.05. The van der Waals surface area contributed by atoms with Gasteiger partial charge in [0.05, 0.1) is 0 Å². The van der Waals surface area contributed by atoms with Crippen LogP contribution in [-0.4, -0.2) is 9.55 Å². The summed E-state index contributed by atoms with van der Waals surface area (Å²) in [4.78, 5) is 4.96. The van der Waals surface area contributed by atoms with Crippen molar-refractivity contribution in [3.05, 3.63) is 18.2 Å². The van der Waals surface area contributed by atoms with Crippen molar-refractivity contribution in [3.63, 3.8) is 0 Å². The first-order valence-corrected chi connectivity index (χ1v) is 19.3. The molecule has 0 aromatic carbocycles. The first-order valence-electron chi connectivity index (χ1n) is 19.3. The summed E-state index contributed by atoms with van der Waals surface area (Å²) >= 11 is 0. The molecule has 0 N–H and O–H groups in total. The Bertz CT molecular complexity index is 635. The van der Waals surface area contributed by atoms with E-state index in [1.165, 1.54) is 198 Å². The Labute approximate surface area is 259 Å². The summed E-state index contributed by atoms with van der Waals surface area (Å²) in [7, 11) is 0. The van der Waals surface area contributed by atoms with Crippen LogP contribution in [0.25, 0.3) is 0 Å². The maximum Gasteiger partial charge on any atom is 0.111 e. The standard InChI is InChI=1S/C39H76N2/c1-5-8-11-13-15-17-19-20-21-22-23-25-27-30-32-37(4)41-36-35-40-39(41)38(33-29-10-7-3)34-31-28-26-24-18-16-14-12-9-6-2/h35-38H,5-34H2,1-4H3. The van der Waals surface area contributed by atoms with E-state index >= 15 is 0 Å². The summed E-state index contributed by atoms with van der Waals surface area (Å²) in [5.41, 5.74) is 0. The average molecular weight is 573 g/mol. The number of rotatable bonds is 32. The summed E-state index contributed by atoms with van der Waals surface area (Å²) in [6.45, 7) is 9.39. The first-order chi connectivity index (χ1) is 20.2. The van der Waals surface area contributed by atoms with Gasteiger partial charge in [-0.3, -0.25) is 0 Å². The average Bonchev–Trinajstić information content (AvgIpc) is 3.47. The molecule has 0 bridgehead atoms. The zero-order chi connectivity index (χ0) is 29.6. The van der Waals surface area contributed by atoms with Crippen LogP contribution in [0.4, 0.5) is 0 Å². The van der Waals surface area contributed by atoms with Crippen LogP contribution in [0.1, 0.15) is 238 Å². The third-order valence-corrected chi connectivity index (χ3v) is 9.58. The summed E-state index contributed by atoms with van der Waals surface area (Å²) in [6, 6.07) is 0.589. The highest BCUT2D eigenvalue weighted by molar-refractivity contribution is 5.02. The molecular weight excluding hydrogens is 496 g/mol. The molecular formula is C39H76N2. The van der Waals surface area contributed by atoms with Gasteiger partial charge in [0, 0.05) is 24.4 Å². The smallest absolute Gasteiger partial charge is 0.111 e. The monoisotopic (exact) mass is 573 g/mol. The lowest BCUT2D eigenvalue weighted by molar-refractivity contribution is 0.414. The second kappa shape index (κ2) is 29.3. The van der Waals surface area contributed by atoms with Gasteiger partial charge in [0.1, 0.15) is 5.82 Å². The maximum atomic E-state index is 4.96. The van der Waals surface area contributed by atoms with E-state index in [2.05, 4.69) is 44.7 Å². The van der Waals surface area contributed by atoms with Crippen LogP contribution in [0.3, 0.4) is 0 Å². The van der Waals surface area contributed by atoms with Crippen LogP contribution < -0.4 is 0 Å². The van der Waals surface area contributed by atoms with Gasteiger partial charge in [0.15, 0.2) is 0 Å². The molecule has 1 aromatic heterocycles. The molecule has 0 spiro atoms. The predicted molar refractivity (Wildman–Crippen MR) is 185 cm³/mol. The van der Waals surface area contributed by atoms with Crippen LogP contribution in [0.2, 0.25) is 0 Å². The van der Waals surface area contributed by atoms with Crippen molar-refractivity contribution in [2.45, 2.75) is 232 Å². The fraction of sp³-hybridized carbons (Fsp3) is 0.923. The lowest BCUT2D eigenvalue weighted by atomic mass is 9.93. The van der Waals surface area contributed by atoms with Gasteiger partial charge >= 0.3 is 0 Å². The van der Waals surface area contributed by atoms with Crippen LogP contribution >= 0.6 is 0 Å². The van der Waals surface area contributed by atoms with Gasteiger partial charge in [0.25, 0.3) is 0 Å². The van der Waals surface area contributed by atoms with Crippen molar-refractivity contribution < 1.29 is 0 Å². The number of unbranched alkanes of at least 4 members (excludes halogenated alkanes) is 24. The molecule has 0 saturated heterocycles. The van der Waals surface area contributed by atoms with Crippen molar-refractivity contribution in [3.8, 4) is 0 Å². The molecule has 0 radical (unpaired) electrons. The minimum atomic E-state index is 0.589. The molecule has 2 heteroatoms. The molecule has 0 saturated carbocycles. The van der Waals surface area contributed by atoms with Gasteiger partial charge < -0.3 is 4.57 Å². The largest absolute Gasteiger partial charge is 0.332 e. The van der Waals surface area contributed by atoms with E-state index in [1.54, 1.807) is 0 Å². The van der Waals surface area contributed by atoms with Crippen molar-refractivity contribution in [2.24, 2.45) is 0 Å². The molecule has 41 heavy (non-hydrogen) atoms. The van der Waals surface area contributed by atoms with Gasteiger partial charge in [-0.05, 0) is 26.2 Å². The Morgan fingerprint density at radius 3 is 1.20 bits per heavy atom. The lowest BCUT2D eigenvalue weighted by Crippen LogP contribution is -2.13. The van der Waals surface area contributed by atoms with E-state index in [1.807, 2.05) is 0 Å². The van der Waals surface area contributed by atoms with E-state index < -0.39 is 0 Å². The molecule has 1 rings (SSSR count). The van der Waals surface area contributed by atoms with Gasteiger partial charge in [-0.2, -0.15) is 0 Å². The van der Waals surface area contributed by atoms with E-state index in [-0.39, 0.29) is 0 Å². The number of hydrogen-bond donors (Lipinski definition) is 0. The molecule has 2 atom stereocenters. The molecule has 0 aliphatic rings. The van der Waals surface area contributed by atoms with Crippen LogP contribution in [0, 0.1) is 0 Å². The van der Waals surface area contributed by atoms with E-state index in [0.29, 0.717) is 12.0 Å². The zero-order valence-corrected chi connectivity index (χ0v) is 28.9. The molecule has 1 heterocycles. The highest BCUT2D eigenvalue weighted by atomic mass is 15.1.